The van der Waals surface area contributed by atoms with E-state index in [-0.39, 0.29) is 17.4 Å². The highest BCUT2D eigenvalue weighted by molar-refractivity contribution is 5.95. The Morgan fingerprint density at radius 2 is 1.75 bits per heavy atom. The van der Waals surface area contributed by atoms with Gasteiger partial charge in [-0.2, -0.15) is 5.21 Å². The van der Waals surface area contributed by atoms with Gasteiger partial charge < -0.3 is 10.4 Å². The molecule has 1 atom stereocenters. The zero-order chi connectivity index (χ0) is 22.5. The average Bonchev–Trinajstić information content (AvgIpc) is 3.34. The van der Waals surface area contributed by atoms with Gasteiger partial charge >= 0.3 is 5.97 Å². The van der Waals surface area contributed by atoms with Crippen LogP contribution < -0.4 is 5.32 Å². The Bertz CT molecular complexity index is 1240. The lowest BCUT2D eigenvalue weighted by molar-refractivity contribution is -0.119. The van der Waals surface area contributed by atoms with Crippen molar-refractivity contribution in [2.45, 2.75) is 13.3 Å². The van der Waals surface area contributed by atoms with Gasteiger partial charge in [0.1, 0.15) is 0 Å². The number of carboxylic acids is 1. The van der Waals surface area contributed by atoms with Crippen LogP contribution in [0.3, 0.4) is 0 Å². The number of hydrogen-bond donors (Lipinski definition) is 3. The van der Waals surface area contributed by atoms with Crippen LogP contribution in [0.1, 0.15) is 22.8 Å². The molecule has 0 bridgehead atoms. The molecule has 1 aromatic heterocycles. The highest BCUT2D eigenvalue weighted by atomic mass is 16.4. The minimum absolute atomic E-state index is 0.132. The zero-order valence-corrected chi connectivity index (χ0v) is 17.3. The quantitative estimate of drug-likeness (QED) is 0.409. The van der Waals surface area contributed by atoms with Gasteiger partial charge in [-0.25, -0.2) is 4.79 Å². The van der Waals surface area contributed by atoms with Gasteiger partial charge in [-0.3, -0.25) is 4.79 Å². The molecule has 4 aromatic rings. The van der Waals surface area contributed by atoms with Crippen molar-refractivity contribution >= 4 is 17.6 Å². The van der Waals surface area contributed by atoms with Gasteiger partial charge in [-0.1, -0.05) is 61.5 Å². The third kappa shape index (κ3) is 4.70. The van der Waals surface area contributed by atoms with E-state index in [1.165, 1.54) is 12.1 Å². The molecule has 3 N–H and O–H groups in total. The molecule has 1 unspecified atom stereocenters. The van der Waals surface area contributed by atoms with Gasteiger partial charge in [0.25, 0.3) is 0 Å². The first-order chi connectivity index (χ1) is 15.5. The number of amides is 1. The van der Waals surface area contributed by atoms with E-state index in [1.807, 2.05) is 55.5 Å². The van der Waals surface area contributed by atoms with E-state index < -0.39 is 5.97 Å². The van der Waals surface area contributed by atoms with Crippen molar-refractivity contribution in [2.24, 2.45) is 5.92 Å². The summed E-state index contributed by atoms with van der Waals surface area (Å²) in [6.07, 6.45) is 0.553. The largest absolute Gasteiger partial charge is 0.478 e. The number of benzene rings is 3. The highest BCUT2D eigenvalue weighted by Gasteiger charge is 2.15. The number of carbonyl (C=O) groups is 2. The predicted octanol–water partition coefficient (Wildman–Crippen LogP) is 4.05. The Morgan fingerprint density at radius 1 is 1.00 bits per heavy atom. The van der Waals surface area contributed by atoms with E-state index in [0.29, 0.717) is 17.9 Å². The lowest BCUT2D eigenvalue weighted by Gasteiger charge is -2.13. The van der Waals surface area contributed by atoms with Gasteiger partial charge in [0.2, 0.25) is 11.7 Å². The molecular weight excluding hydrogens is 406 g/mol. The van der Waals surface area contributed by atoms with Crippen molar-refractivity contribution in [3.05, 3.63) is 83.9 Å². The van der Waals surface area contributed by atoms with Crippen molar-refractivity contribution in [1.82, 2.24) is 20.6 Å². The third-order valence-corrected chi connectivity index (χ3v) is 5.14. The fraction of sp³-hybridized carbons (Fsp3) is 0.125. The zero-order valence-electron chi connectivity index (χ0n) is 17.3. The van der Waals surface area contributed by atoms with Crippen LogP contribution >= 0.6 is 0 Å². The first-order valence-corrected chi connectivity index (χ1v) is 10.1. The van der Waals surface area contributed by atoms with Crippen molar-refractivity contribution < 1.29 is 14.7 Å². The van der Waals surface area contributed by atoms with Crippen molar-refractivity contribution in [3.63, 3.8) is 0 Å². The van der Waals surface area contributed by atoms with E-state index in [4.69, 9.17) is 5.11 Å². The molecule has 8 heteroatoms. The maximum absolute atomic E-state index is 12.6. The number of aromatic amines is 1. The SMILES string of the molecule is CC(Cc1ccc(-c2ccccc2-c2nn[nH]n2)cc1)C(=O)Nc1cccc(C(=O)O)c1. The fourth-order valence-corrected chi connectivity index (χ4v) is 3.47. The number of hydrogen-bond acceptors (Lipinski definition) is 5. The minimum Gasteiger partial charge on any atom is -0.478 e. The van der Waals surface area contributed by atoms with Crippen molar-refractivity contribution in [3.8, 4) is 22.5 Å². The molecule has 0 saturated carbocycles. The molecule has 0 spiro atoms. The average molecular weight is 427 g/mol. The number of anilines is 1. The van der Waals surface area contributed by atoms with Crippen LogP contribution in [0.15, 0.2) is 72.8 Å². The van der Waals surface area contributed by atoms with Crippen LogP contribution in [0, 0.1) is 5.92 Å². The summed E-state index contributed by atoms with van der Waals surface area (Å²) in [5, 5.41) is 26.2. The number of aromatic carboxylic acids is 1. The molecule has 160 valence electrons. The molecule has 0 fully saturated rings. The van der Waals surface area contributed by atoms with E-state index in [9.17, 15) is 9.59 Å². The topological polar surface area (TPSA) is 121 Å². The molecule has 0 saturated heterocycles. The third-order valence-electron chi connectivity index (χ3n) is 5.14. The molecule has 4 rings (SSSR count). The number of carboxylic acid groups (broad SMARTS) is 1. The summed E-state index contributed by atoms with van der Waals surface area (Å²) in [5.74, 6) is -0.961. The molecule has 1 amide bonds. The summed E-state index contributed by atoms with van der Waals surface area (Å²) in [6.45, 7) is 1.84. The molecule has 0 aliphatic carbocycles. The van der Waals surface area contributed by atoms with Crippen molar-refractivity contribution in [2.75, 3.05) is 5.32 Å². The Kier molecular flexibility index (Phi) is 6.03. The number of tetrazole rings is 1. The van der Waals surface area contributed by atoms with Gasteiger partial charge in [-0.15, -0.1) is 10.2 Å². The molecule has 8 nitrogen and oxygen atoms in total. The molecule has 1 heterocycles. The van der Waals surface area contributed by atoms with Crippen LogP contribution in [0.4, 0.5) is 5.69 Å². The summed E-state index contributed by atoms with van der Waals surface area (Å²) in [5.41, 5.74) is 4.50. The molecule has 0 radical (unpaired) electrons. The normalized spacial score (nSPS) is 11.7. The lowest BCUT2D eigenvalue weighted by atomic mass is 9.95. The van der Waals surface area contributed by atoms with Gasteiger partial charge in [0.05, 0.1) is 5.56 Å². The second-order valence-electron chi connectivity index (χ2n) is 7.46. The number of nitrogens with zero attached hydrogens (tertiary/aromatic N) is 3. The highest BCUT2D eigenvalue weighted by Crippen LogP contribution is 2.30. The van der Waals surface area contributed by atoms with Crippen LogP contribution in [-0.2, 0) is 11.2 Å². The van der Waals surface area contributed by atoms with Crippen LogP contribution in [0.25, 0.3) is 22.5 Å². The first-order valence-electron chi connectivity index (χ1n) is 10.1. The van der Waals surface area contributed by atoms with Gasteiger partial charge in [-0.05, 0) is 46.5 Å². The number of aromatic nitrogens is 4. The number of rotatable bonds is 7. The van der Waals surface area contributed by atoms with Gasteiger partial charge in [0, 0.05) is 17.2 Å². The molecular formula is C24H21N5O3. The monoisotopic (exact) mass is 427 g/mol. The second kappa shape index (κ2) is 9.22. The maximum atomic E-state index is 12.6. The van der Waals surface area contributed by atoms with E-state index in [0.717, 1.165) is 22.3 Å². The summed E-state index contributed by atoms with van der Waals surface area (Å²) in [4.78, 5) is 23.7. The minimum atomic E-state index is -1.03. The Labute approximate surface area is 184 Å². The summed E-state index contributed by atoms with van der Waals surface area (Å²) in [7, 11) is 0. The van der Waals surface area contributed by atoms with Crippen LogP contribution in [-0.4, -0.2) is 37.6 Å². The molecule has 0 aliphatic heterocycles. The summed E-state index contributed by atoms with van der Waals surface area (Å²) >= 11 is 0. The molecule has 32 heavy (non-hydrogen) atoms. The second-order valence-corrected chi connectivity index (χ2v) is 7.46. The Hall–Kier alpha value is -4.33. The fourth-order valence-electron chi connectivity index (χ4n) is 3.47. The molecule has 3 aromatic carbocycles. The first kappa shape index (κ1) is 20.9. The number of H-pyrrole nitrogens is 1. The van der Waals surface area contributed by atoms with E-state index in [2.05, 4.69) is 25.9 Å². The summed E-state index contributed by atoms with van der Waals surface area (Å²) in [6, 6.07) is 22.1. The Balaban J connectivity index is 1.45. The number of nitrogens with one attached hydrogen (secondary N) is 2. The van der Waals surface area contributed by atoms with E-state index >= 15 is 0 Å². The predicted molar refractivity (Wildman–Crippen MR) is 120 cm³/mol. The standard InChI is InChI=1S/C24H21N5O3/c1-15(23(30)25-19-6-4-5-18(14-19)24(31)32)13-16-9-11-17(12-10-16)20-7-2-3-8-21(20)22-26-28-29-27-22/h2-12,14-15H,13H2,1H3,(H,25,30)(H,31,32)(H,26,27,28,29). The lowest BCUT2D eigenvalue weighted by Crippen LogP contribution is -2.22. The van der Waals surface area contributed by atoms with Crippen molar-refractivity contribution in [1.29, 1.82) is 0 Å². The van der Waals surface area contributed by atoms with Crippen LogP contribution in [0.5, 0.6) is 0 Å². The van der Waals surface area contributed by atoms with E-state index in [1.54, 1.807) is 12.1 Å². The van der Waals surface area contributed by atoms with Crippen LogP contribution in [0.2, 0.25) is 0 Å². The maximum Gasteiger partial charge on any atom is 0.335 e. The smallest absolute Gasteiger partial charge is 0.335 e. The summed E-state index contributed by atoms with van der Waals surface area (Å²) < 4.78 is 0. The molecule has 0 aliphatic rings. The number of carbonyl (C=O) groups excluding carboxylic acids is 1. The Morgan fingerprint density at radius 3 is 2.44 bits per heavy atom. The van der Waals surface area contributed by atoms with Gasteiger partial charge in [0.15, 0.2) is 0 Å².